The highest BCUT2D eigenvalue weighted by Crippen LogP contribution is 2.28. The minimum absolute atomic E-state index is 0. The van der Waals surface area contributed by atoms with Crippen molar-refractivity contribution < 1.29 is 57.2 Å². The molecule has 0 saturated carbocycles. The lowest BCUT2D eigenvalue weighted by Crippen LogP contribution is -2.34. The van der Waals surface area contributed by atoms with Crippen LogP contribution in [-0.2, 0) is 57.2 Å². The van der Waals surface area contributed by atoms with Crippen LogP contribution in [0.5, 0.6) is 0 Å². The first-order valence-corrected chi connectivity index (χ1v) is 60.5. The van der Waals surface area contributed by atoms with Gasteiger partial charge in [0.2, 0.25) is 0 Å². The maximum Gasteiger partial charge on any atom is 0.309 e. The molecule has 15 heteroatoms. The predicted molar refractivity (Wildman–Crippen MR) is 599 cm³/mol. The first-order valence-electron chi connectivity index (χ1n) is 60.5. The maximum atomic E-state index is 12.6. The molecule has 0 aliphatic carbocycles. The van der Waals surface area contributed by atoms with E-state index in [1.807, 2.05) is 13.8 Å². The van der Waals surface area contributed by atoms with Gasteiger partial charge in [-0.1, -0.05) is 458 Å². The van der Waals surface area contributed by atoms with E-state index in [-0.39, 0.29) is 92.8 Å². The van der Waals surface area contributed by atoms with Gasteiger partial charge in [-0.05, 0) is 219 Å². The van der Waals surface area contributed by atoms with Gasteiger partial charge in [0, 0.05) is 25.2 Å². The van der Waals surface area contributed by atoms with Crippen LogP contribution in [0.4, 0.5) is 0 Å². The molecule has 3 aliphatic rings. The van der Waals surface area contributed by atoms with Crippen molar-refractivity contribution in [2.24, 2.45) is 29.6 Å². The molecule has 3 fully saturated rings. The summed E-state index contributed by atoms with van der Waals surface area (Å²) in [5.41, 5.74) is 0. The van der Waals surface area contributed by atoms with Gasteiger partial charge in [-0.25, -0.2) is 0 Å². The molecule has 0 radical (unpaired) electrons. The molecule has 0 aromatic rings. The predicted octanol–water partition coefficient (Wildman–Crippen LogP) is 37.3. The monoisotopic (exact) mass is 1960 g/mol. The molecule has 0 aromatic carbocycles. The van der Waals surface area contributed by atoms with Crippen LogP contribution in [0.15, 0.2) is 12.2 Å². The van der Waals surface area contributed by atoms with E-state index >= 15 is 0 Å². The number of carbonyl (C=O) groups excluding carboxylic acids is 6. The summed E-state index contributed by atoms with van der Waals surface area (Å²) in [4.78, 5) is 71.6. The van der Waals surface area contributed by atoms with Crippen LogP contribution in [-0.4, -0.2) is 113 Å². The average Bonchev–Trinajstić information content (AvgIpc) is 0.906. The van der Waals surface area contributed by atoms with Crippen LogP contribution in [0, 0.1) is 29.6 Å². The molecule has 3 heterocycles. The molecule has 15 nitrogen and oxygen atoms in total. The van der Waals surface area contributed by atoms with Gasteiger partial charge in [0.25, 0.3) is 0 Å². The summed E-state index contributed by atoms with van der Waals surface area (Å²) >= 11 is 0. The topological polar surface area (TPSA) is 194 Å². The smallest absolute Gasteiger partial charge is 0.309 e. The summed E-state index contributed by atoms with van der Waals surface area (Å²) in [6.45, 7) is 39.6. The SMILES string of the molecule is C.C.CCCCC/C=C\C(CCCC)COC(=O)CC.CCCCCCC(CCCC)COC(=O)CC.CCCCCCC(CCCC)OC(=O)CCCC.CCCCCCCCCC(CCCCCCCC)OC(=O)C1CCNCC1.CCCCCCCCCCC(CCCCCCCC)OC(=O)C1CCNCC1.CCCCCCCCCCC(CCCCCCCC)OC(=O)C1CCNCC1. The molecule has 0 spiro atoms. The van der Waals surface area contributed by atoms with E-state index in [9.17, 15) is 28.8 Å². The van der Waals surface area contributed by atoms with E-state index in [4.69, 9.17) is 28.4 Å². The van der Waals surface area contributed by atoms with E-state index < -0.39 is 0 Å². The van der Waals surface area contributed by atoms with Gasteiger partial charge >= 0.3 is 35.8 Å². The van der Waals surface area contributed by atoms with Gasteiger partial charge in [0.1, 0.15) is 24.4 Å². The third-order valence-electron chi connectivity index (χ3n) is 27.9. The Hall–Kier alpha value is -3.56. The molecule has 138 heavy (non-hydrogen) atoms. The van der Waals surface area contributed by atoms with Crippen molar-refractivity contribution in [3.63, 3.8) is 0 Å². The van der Waals surface area contributed by atoms with E-state index in [0.29, 0.717) is 44.3 Å². The molecule has 0 amide bonds. The standard InChI is InChI=1S/2C25H49NO2.C24H47NO2.C16H30O2.C16H32O2.C15H30O2.2CH4/c2*1-3-5-7-9-11-12-14-16-18-24(17-15-13-10-8-6-4-2)28-25(27)23-19-21-26-22-20-23;1-3-5-7-9-11-13-15-17-23(16-14-12-10-8-6-4-2)27-24(26)22-18-20-25-21-19-22;1-4-7-9-10-11-13-15(12-8-5-2)14-18-16(17)6-3;1-4-7-10-11-13-15(12-8-5-2)18-16(17)14-9-6-3;1-4-7-9-10-12-14(11-8-5-2)13-17-15(16)6-3;;/h2*23-24,26H,3-22H2,1-2H3;22-23,25H,3-21H2,1-2H3;11,13,15H,4-10,12,14H2,1-3H3;15H,4-14H2,1-3H3;14H,4-13H2,1-3H3;2*1H4/b;;;13-11-;;;;. The number of rotatable bonds is 87. The Morgan fingerprint density at radius 1 is 0.239 bits per heavy atom. The van der Waals surface area contributed by atoms with Gasteiger partial charge < -0.3 is 44.4 Å². The summed E-state index contributed by atoms with van der Waals surface area (Å²) in [5, 5.41) is 10.0. The fourth-order valence-corrected chi connectivity index (χ4v) is 18.4. The molecule has 3 rings (SSSR count). The molecule has 3 N–H and O–H groups in total. The first-order chi connectivity index (χ1) is 66.5. The molecular weight excluding hydrogens is 1710 g/mol. The zero-order valence-corrected chi connectivity index (χ0v) is 93.7. The third kappa shape index (κ3) is 101. The fourth-order valence-electron chi connectivity index (χ4n) is 18.4. The van der Waals surface area contributed by atoms with Crippen molar-refractivity contribution in [3.05, 3.63) is 12.2 Å². The Morgan fingerprint density at radius 3 is 0.739 bits per heavy atom. The lowest BCUT2D eigenvalue weighted by atomic mass is 9.96. The van der Waals surface area contributed by atoms with Gasteiger partial charge in [0.15, 0.2) is 0 Å². The van der Waals surface area contributed by atoms with Crippen LogP contribution in [0.3, 0.4) is 0 Å². The molecule has 3 aliphatic heterocycles. The van der Waals surface area contributed by atoms with Gasteiger partial charge in [-0.3, -0.25) is 28.8 Å². The first kappa shape index (κ1) is 143. The highest BCUT2D eigenvalue weighted by atomic mass is 16.6. The summed E-state index contributed by atoms with van der Waals surface area (Å²) in [5.74, 6) is 1.49. The molecule has 0 aromatic heterocycles. The molecular formula is C123H245N3O12. The molecule has 824 valence electrons. The van der Waals surface area contributed by atoms with Crippen molar-refractivity contribution >= 4 is 35.8 Å². The zero-order chi connectivity index (χ0) is 100. The Morgan fingerprint density at radius 2 is 0.457 bits per heavy atom. The summed E-state index contributed by atoms with van der Waals surface area (Å²) in [7, 11) is 0. The highest BCUT2D eigenvalue weighted by molar-refractivity contribution is 5.74. The van der Waals surface area contributed by atoms with E-state index in [1.54, 1.807) is 0 Å². The van der Waals surface area contributed by atoms with Crippen molar-refractivity contribution in [1.82, 2.24) is 16.0 Å². The van der Waals surface area contributed by atoms with Crippen molar-refractivity contribution in [3.8, 4) is 0 Å². The van der Waals surface area contributed by atoms with Crippen LogP contribution in [0.1, 0.15) is 639 Å². The fraction of sp³-hybridized carbons (Fsp3) is 0.935. The van der Waals surface area contributed by atoms with Crippen LogP contribution in [0.25, 0.3) is 0 Å². The second-order valence-corrected chi connectivity index (χ2v) is 41.3. The Kier molecular flexibility index (Phi) is 121. The lowest BCUT2D eigenvalue weighted by Gasteiger charge is -2.25. The van der Waals surface area contributed by atoms with Crippen molar-refractivity contribution in [1.29, 1.82) is 0 Å². The molecule has 6 atom stereocenters. The number of ether oxygens (including phenoxy) is 6. The number of esters is 6. The van der Waals surface area contributed by atoms with Gasteiger partial charge in [0.05, 0.1) is 31.0 Å². The summed E-state index contributed by atoms with van der Waals surface area (Å²) in [6.07, 6.45) is 103. The lowest BCUT2D eigenvalue weighted by molar-refractivity contribution is -0.156. The average molecular weight is 1960 g/mol. The minimum Gasteiger partial charge on any atom is -0.465 e. The molecule has 0 bridgehead atoms. The normalized spacial score (nSPS) is 14.6. The Labute approximate surface area is 861 Å². The molecule has 3 saturated heterocycles. The third-order valence-corrected chi connectivity index (χ3v) is 27.9. The van der Waals surface area contributed by atoms with Crippen LogP contribution in [0.2, 0.25) is 0 Å². The van der Waals surface area contributed by atoms with E-state index in [2.05, 4.69) is 118 Å². The van der Waals surface area contributed by atoms with E-state index in [0.717, 1.165) is 155 Å². The maximum absolute atomic E-state index is 12.6. The number of carbonyl (C=O) groups is 6. The van der Waals surface area contributed by atoms with Crippen LogP contribution < -0.4 is 16.0 Å². The summed E-state index contributed by atoms with van der Waals surface area (Å²) < 4.78 is 34.1. The minimum atomic E-state index is -0.0871. The second-order valence-electron chi connectivity index (χ2n) is 41.3. The van der Waals surface area contributed by atoms with Gasteiger partial charge in [-0.15, -0.1) is 0 Å². The van der Waals surface area contributed by atoms with Crippen LogP contribution >= 0.6 is 0 Å². The van der Waals surface area contributed by atoms with E-state index in [1.165, 1.54) is 385 Å². The summed E-state index contributed by atoms with van der Waals surface area (Å²) in [6, 6.07) is 0. The number of nitrogens with one attached hydrogen (secondary N) is 3. The Balaban J connectivity index is -0.000000518. The number of allylic oxidation sites excluding steroid dienone is 1. The quantitative estimate of drug-likeness (QED) is 0.0225. The van der Waals surface area contributed by atoms with Gasteiger partial charge in [-0.2, -0.15) is 0 Å². The second kappa shape index (κ2) is 117. The van der Waals surface area contributed by atoms with Crippen molar-refractivity contribution in [2.75, 3.05) is 52.5 Å². The zero-order valence-electron chi connectivity index (χ0n) is 93.7. The number of hydrogen-bond donors (Lipinski definition) is 3. The number of piperidine rings is 3. The Bertz CT molecular complexity index is 2410. The van der Waals surface area contributed by atoms with Crippen molar-refractivity contribution in [2.45, 2.75) is 663 Å². The largest absolute Gasteiger partial charge is 0.465 e. The number of unbranched alkanes of at least 4 members (excludes halogenated alkanes) is 48. The molecule has 6 unspecified atom stereocenters. The highest BCUT2D eigenvalue weighted by Gasteiger charge is 2.29. The number of hydrogen-bond acceptors (Lipinski definition) is 15.